The first-order chi connectivity index (χ1) is 8.93. The van der Waals surface area contributed by atoms with Gasteiger partial charge in [0, 0.05) is 24.1 Å². The van der Waals surface area contributed by atoms with Gasteiger partial charge in [0.2, 0.25) is 4.11 Å². The summed E-state index contributed by atoms with van der Waals surface area (Å²) >= 11 is 1.78. The molecule has 1 unspecified atom stereocenters. The molecule has 0 saturated heterocycles. The average molecular weight is 375 g/mol. The molecule has 100 valence electrons. The molecular formula is C12H10INO5. The fourth-order valence-corrected chi connectivity index (χ4v) is 1.61. The Balaban J connectivity index is 2.67. The van der Waals surface area contributed by atoms with Gasteiger partial charge in [0.05, 0.1) is 4.92 Å². The first kappa shape index (κ1) is 15.2. The molecule has 0 heterocycles. The third kappa shape index (κ3) is 4.75. The maximum absolute atomic E-state index is 11.4. The van der Waals surface area contributed by atoms with Gasteiger partial charge in [0.15, 0.2) is 0 Å². The number of hydrogen-bond donors (Lipinski definition) is 1. The molecule has 0 aliphatic carbocycles. The van der Waals surface area contributed by atoms with Crippen molar-refractivity contribution in [1.82, 2.24) is 0 Å². The van der Waals surface area contributed by atoms with Gasteiger partial charge in [-0.25, -0.2) is 0 Å². The number of aryl methyl sites for hydroxylation is 1. The number of non-ortho nitro benzene ring substituents is 1. The summed E-state index contributed by atoms with van der Waals surface area (Å²) in [5.74, 6) is 1.61. The normalized spacial score (nSPS) is 11.4. The minimum atomic E-state index is -0.649. The monoisotopic (exact) mass is 375 g/mol. The van der Waals surface area contributed by atoms with E-state index >= 15 is 0 Å². The average Bonchev–Trinajstić information content (AvgIpc) is 2.37. The summed E-state index contributed by atoms with van der Waals surface area (Å²) in [6.45, 7) is 0. The number of ether oxygens (including phenoxy) is 1. The molecule has 0 fully saturated rings. The first-order valence-corrected chi connectivity index (χ1v) is 6.44. The van der Waals surface area contributed by atoms with E-state index in [2.05, 4.69) is 5.92 Å². The van der Waals surface area contributed by atoms with Gasteiger partial charge in [0.1, 0.15) is 5.75 Å². The third-order valence-corrected chi connectivity index (χ3v) is 2.85. The number of phenols is 1. The Kier molecular flexibility index (Phi) is 5.57. The van der Waals surface area contributed by atoms with E-state index in [-0.39, 0.29) is 24.3 Å². The lowest BCUT2D eigenvalue weighted by Gasteiger charge is -2.07. The van der Waals surface area contributed by atoms with Gasteiger partial charge < -0.3 is 9.84 Å². The van der Waals surface area contributed by atoms with Gasteiger partial charge >= 0.3 is 5.97 Å². The van der Waals surface area contributed by atoms with Gasteiger partial charge in [-0.05, 0) is 35.1 Å². The first-order valence-electron chi connectivity index (χ1n) is 5.20. The van der Waals surface area contributed by atoms with Crippen molar-refractivity contribution in [2.75, 3.05) is 0 Å². The molecule has 0 spiro atoms. The summed E-state index contributed by atoms with van der Waals surface area (Å²) in [6.07, 6.45) is 5.18. The number of carbonyl (C=O) groups is 1. The molecule has 1 aromatic carbocycles. The van der Waals surface area contributed by atoms with Gasteiger partial charge in [-0.2, -0.15) is 0 Å². The Morgan fingerprint density at radius 3 is 2.89 bits per heavy atom. The van der Waals surface area contributed by atoms with E-state index in [1.54, 1.807) is 22.6 Å². The number of halogens is 1. The van der Waals surface area contributed by atoms with Gasteiger partial charge in [-0.3, -0.25) is 14.9 Å². The second kappa shape index (κ2) is 6.94. The Labute approximate surface area is 123 Å². The molecule has 1 N–H and O–H groups in total. The second-order valence-electron chi connectivity index (χ2n) is 3.54. The highest BCUT2D eigenvalue weighted by Gasteiger charge is 2.13. The van der Waals surface area contributed by atoms with E-state index in [1.807, 2.05) is 0 Å². The summed E-state index contributed by atoms with van der Waals surface area (Å²) < 4.78 is 4.19. The van der Waals surface area contributed by atoms with Crippen LogP contribution in [0.15, 0.2) is 18.2 Å². The summed E-state index contributed by atoms with van der Waals surface area (Å²) in [4.78, 5) is 21.4. The van der Waals surface area contributed by atoms with Crippen molar-refractivity contribution in [2.24, 2.45) is 0 Å². The number of esters is 1. The van der Waals surface area contributed by atoms with Crippen LogP contribution in [0.1, 0.15) is 12.0 Å². The number of alkyl halides is 1. The smallest absolute Gasteiger partial charge is 0.308 e. The minimum Gasteiger partial charge on any atom is -0.508 e. The molecule has 1 rings (SSSR count). The zero-order valence-corrected chi connectivity index (χ0v) is 11.9. The van der Waals surface area contributed by atoms with Crippen LogP contribution in [0.3, 0.4) is 0 Å². The van der Waals surface area contributed by atoms with Crippen LogP contribution in [0.4, 0.5) is 5.69 Å². The SMILES string of the molecule is C#CC(I)OC(=O)CCc1cc([N+](=O)[O-])ccc1O. The highest BCUT2D eigenvalue weighted by Crippen LogP contribution is 2.24. The molecule has 0 aliphatic heterocycles. The van der Waals surface area contributed by atoms with Crippen LogP contribution in [0.2, 0.25) is 0 Å². The Hall–Kier alpha value is -1.82. The fraction of sp³-hybridized carbons (Fsp3) is 0.250. The van der Waals surface area contributed by atoms with Crippen molar-refractivity contribution in [3.63, 3.8) is 0 Å². The predicted octanol–water partition coefficient (Wildman–Crippen LogP) is 2.17. The van der Waals surface area contributed by atoms with Crippen molar-refractivity contribution < 1.29 is 19.6 Å². The summed E-state index contributed by atoms with van der Waals surface area (Å²) in [5, 5.41) is 20.1. The second-order valence-corrected chi connectivity index (χ2v) is 4.67. The van der Waals surface area contributed by atoms with Crippen LogP contribution in [0.25, 0.3) is 0 Å². The number of rotatable bonds is 5. The Morgan fingerprint density at radius 2 is 2.32 bits per heavy atom. The molecule has 6 nitrogen and oxygen atoms in total. The van der Waals surface area contributed by atoms with Crippen molar-refractivity contribution in [3.8, 4) is 18.1 Å². The minimum absolute atomic E-state index is 0.0179. The van der Waals surface area contributed by atoms with Gasteiger partial charge in [0.25, 0.3) is 5.69 Å². The number of nitro groups is 1. The molecule has 0 saturated carbocycles. The van der Waals surface area contributed by atoms with Crippen LogP contribution < -0.4 is 0 Å². The number of nitro benzene ring substituents is 1. The maximum Gasteiger partial charge on any atom is 0.308 e. The van der Waals surface area contributed by atoms with E-state index in [1.165, 1.54) is 18.2 Å². The van der Waals surface area contributed by atoms with E-state index in [9.17, 15) is 20.0 Å². The van der Waals surface area contributed by atoms with Crippen molar-refractivity contribution >= 4 is 34.2 Å². The molecule has 1 atom stereocenters. The highest BCUT2D eigenvalue weighted by atomic mass is 127. The van der Waals surface area contributed by atoms with Crippen LogP contribution >= 0.6 is 22.6 Å². The molecule has 1 aromatic rings. The lowest BCUT2D eigenvalue weighted by Crippen LogP contribution is -2.11. The standard InChI is InChI=1S/C12H10INO5/c1-2-11(13)19-12(16)6-3-8-7-9(14(17)18)4-5-10(8)15/h1,4-5,7,11,15H,3,6H2. The molecule has 0 bridgehead atoms. The molecule has 7 heteroatoms. The lowest BCUT2D eigenvalue weighted by molar-refractivity contribution is -0.384. The Morgan fingerprint density at radius 1 is 1.63 bits per heavy atom. The molecule has 19 heavy (non-hydrogen) atoms. The maximum atomic E-state index is 11.4. The molecule has 0 aliphatic rings. The fourth-order valence-electron chi connectivity index (χ4n) is 1.33. The molecule has 0 radical (unpaired) electrons. The van der Waals surface area contributed by atoms with Crippen molar-refractivity contribution in [3.05, 3.63) is 33.9 Å². The topological polar surface area (TPSA) is 89.7 Å². The van der Waals surface area contributed by atoms with Crippen LogP contribution in [0.5, 0.6) is 5.75 Å². The zero-order valence-electron chi connectivity index (χ0n) is 9.71. The van der Waals surface area contributed by atoms with Crippen LogP contribution in [-0.4, -0.2) is 20.1 Å². The number of terminal acetylenes is 1. The highest BCUT2D eigenvalue weighted by molar-refractivity contribution is 14.1. The van der Waals surface area contributed by atoms with Crippen molar-refractivity contribution in [2.45, 2.75) is 17.0 Å². The van der Waals surface area contributed by atoms with E-state index in [0.717, 1.165) is 0 Å². The number of carbonyl (C=O) groups excluding carboxylic acids is 1. The number of benzene rings is 1. The molecule has 0 aromatic heterocycles. The largest absolute Gasteiger partial charge is 0.508 e. The van der Waals surface area contributed by atoms with Crippen LogP contribution in [0, 0.1) is 22.5 Å². The predicted molar refractivity (Wildman–Crippen MR) is 75.8 cm³/mol. The summed E-state index contributed by atoms with van der Waals surface area (Å²) in [6, 6.07) is 3.64. The third-order valence-electron chi connectivity index (χ3n) is 2.24. The van der Waals surface area contributed by atoms with Crippen molar-refractivity contribution in [1.29, 1.82) is 0 Å². The zero-order chi connectivity index (χ0) is 14.4. The Bertz CT molecular complexity index is 537. The van der Waals surface area contributed by atoms with E-state index in [4.69, 9.17) is 11.2 Å². The molecular weight excluding hydrogens is 365 g/mol. The number of phenolic OH excluding ortho intramolecular Hbond substituents is 1. The number of hydrogen-bond acceptors (Lipinski definition) is 5. The van der Waals surface area contributed by atoms with Gasteiger partial charge in [-0.1, -0.05) is 5.92 Å². The quantitative estimate of drug-likeness (QED) is 0.213. The number of aromatic hydroxyl groups is 1. The van der Waals surface area contributed by atoms with E-state index < -0.39 is 15.0 Å². The molecule has 0 amide bonds. The summed E-state index contributed by atoms with van der Waals surface area (Å²) in [5.41, 5.74) is 0.174. The van der Waals surface area contributed by atoms with Gasteiger partial charge in [-0.15, -0.1) is 6.42 Å². The number of nitrogens with zero attached hydrogens (tertiary/aromatic N) is 1. The summed E-state index contributed by atoms with van der Waals surface area (Å²) in [7, 11) is 0. The lowest BCUT2D eigenvalue weighted by atomic mass is 10.1. The van der Waals surface area contributed by atoms with E-state index in [0.29, 0.717) is 5.56 Å². The van der Waals surface area contributed by atoms with Crippen LogP contribution in [-0.2, 0) is 16.0 Å².